The molecule has 0 radical (unpaired) electrons. The first-order chi connectivity index (χ1) is 14.0. The van der Waals surface area contributed by atoms with E-state index in [4.69, 9.17) is 14.2 Å². The molecule has 0 aromatic rings. The van der Waals surface area contributed by atoms with Crippen molar-refractivity contribution in [3.05, 3.63) is 11.1 Å². The first kappa shape index (κ1) is 22.1. The first-order valence-electron chi connectivity index (χ1n) is 10.6. The maximum atomic E-state index is 12.2. The van der Waals surface area contributed by atoms with Crippen LogP contribution in [0, 0.1) is 11.3 Å². The molecule has 0 bridgehead atoms. The van der Waals surface area contributed by atoms with Crippen LogP contribution in [-0.4, -0.2) is 86.6 Å². The van der Waals surface area contributed by atoms with Crippen molar-refractivity contribution in [3.63, 3.8) is 0 Å². The smallest absolute Gasteiger partial charge is 0.312 e. The number of hydrogen-bond donors (Lipinski definition) is 5. The Morgan fingerprint density at radius 1 is 1.13 bits per heavy atom. The van der Waals surface area contributed by atoms with Crippen molar-refractivity contribution in [2.75, 3.05) is 6.61 Å². The molecule has 2 aliphatic carbocycles. The molecule has 2 heterocycles. The second kappa shape index (κ2) is 7.51. The van der Waals surface area contributed by atoms with E-state index in [2.05, 4.69) is 6.92 Å². The van der Waals surface area contributed by atoms with E-state index in [-0.39, 0.29) is 5.41 Å². The Bertz CT molecular complexity index is 736. The Hall–Kier alpha value is -1.07. The highest BCUT2D eigenvalue weighted by atomic mass is 16.7. The highest BCUT2D eigenvalue weighted by molar-refractivity contribution is 5.77. The lowest BCUT2D eigenvalue weighted by atomic mass is 9.57. The van der Waals surface area contributed by atoms with Crippen molar-refractivity contribution in [1.82, 2.24) is 0 Å². The molecule has 9 nitrogen and oxygen atoms in total. The monoisotopic (exact) mass is 428 g/mol. The van der Waals surface area contributed by atoms with E-state index in [0.29, 0.717) is 12.8 Å². The van der Waals surface area contributed by atoms with Crippen LogP contribution >= 0.6 is 0 Å². The van der Waals surface area contributed by atoms with Crippen molar-refractivity contribution in [3.8, 4) is 0 Å². The summed E-state index contributed by atoms with van der Waals surface area (Å²) in [5.74, 6) is -1.02. The molecular formula is C21H32O9. The number of carbonyl (C=O) groups is 1. The van der Waals surface area contributed by atoms with E-state index in [9.17, 15) is 30.3 Å². The Kier molecular flexibility index (Phi) is 5.54. The fourth-order valence-corrected chi connectivity index (χ4v) is 5.63. The molecule has 0 spiro atoms. The van der Waals surface area contributed by atoms with Gasteiger partial charge in [-0.2, -0.15) is 0 Å². The molecule has 0 aromatic heterocycles. The molecular weight excluding hydrogens is 396 g/mol. The van der Waals surface area contributed by atoms with Gasteiger partial charge in [-0.1, -0.05) is 6.92 Å². The maximum Gasteiger partial charge on any atom is 0.312 e. The van der Waals surface area contributed by atoms with Crippen LogP contribution in [-0.2, 0) is 19.0 Å². The SMILES string of the molecule is CC1=C2C3OC(=O)[C@H](C)C3(O)CC[C@@]2(C)CC[C@H]1O[C@H]1OC(CO)C(O)C(O)C1O. The van der Waals surface area contributed by atoms with E-state index in [1.54, 1.807) is 6.92 Å². The van der Waals surface area contributed by atoms with Gasteiger partial charge >= 0.3 is 5.97 Å². The van der Waals surface area contributed by atoms with Crippen molar-refractivity contribution in [2.45, 2.75) is 95.0 Å². The van der Waals surface area contributed by atoms with Gasteiger partial charge in [-0.05, 0) is 56.1 Å². The molecule has 10 atom stereocenters. The van der Waals surface area contributed by atoms with E-state index in [1.807, 2.05) is 6.92 Å². The summed E-state index contributed by atoms with van der Waals surface area (Å²) < 4.78 is 17.1. The molecule has 2 aliphatic heterocycles. The zero-order valence-corrected chi connectivity index (χ0v) is 17.5. The Labute approximate surface area is 175 Å². The largest absolute Gasteiger partial charge is 0.454 e. The topological polar surface area (TPSA) is 146 Å². The van der Waals surface area contributed by atoms with Crippen molar-refractivity contribution in [1.29, 1.82) is 0 Å². The van der Waals surface area contributed by atoms with Gasteiger partial charge in [-0.3, -0.25) is 4.79 Å². The highest BCUT2D eigenvalue weighted by Gasteiger charge is 2.62. The molecule has 4 rings (SSSR count). The summed E-state index contributed by atoms with van der Waals surface area (Å²) in [6.45, 7) is 5.12. The molecule has 1 saturated carbocycles. The Morgan fingerprint density at radius 3 is 2.50 bits per heavy atom. The summed E-state index contributed by atoms with van der Waals surface area (Å²) >= 11 is 0. The van der Waals surface area contributed by atoms with E-state index >= 15 is 0 Å². The van der Waals surface area contributed by atoms with Crippen LogP contribution in [0.2, 0.25) is 0 Å². The third-order valence-electron chi connectivity index (χ3n) is 7.79. The molecule has 0 amide bonds. The van der Waals surface area contributed by atoms with Gasteiger partial charge in [0, 0.05) is 0 Å². The van der Waals surface area contributed by atoms with Gasteiger partial charge < -0.3 is 39.7 Å². The fourth-order valence-electron chi connectivity index (χ4n) is 5.63. The van der Waals surface area contributed by atoms with Gasteiger partial charge in [0.2, 0.25) is 0 Å². The van der Waals surface area contributed by atoms with Crippen molar-refractivity contribution in [2.24, 2.45) is 11.3 Å². The van der Waals surface area contributed by atoms with E-state index < -0.39 is 67.0 Å². The van der Waals surface area contributed by atoms with Gasteiger partial charge in [0.25, 0.3) is 0 Å². The van der Waals surface area contributed by atoms with Gasteiger partial charge in [0.05, 0.1) is 18.6 Å². The fraction of sp³-hybridized carbons (Fsp3) is 0.857. The summed E-state index contributed by atoms with van der Waals surface area (Å²) in [7, 11) is 0. The molecule has 170 valence electrons. The lowest BCUT2D eigenvalue weighted by Crippen LogP contribution is -2.60. The third kappa shape index (κ3) is 3.14. The molecule has 6 unspecified atom stereocenters. The van der Waals surface area contributed by atoms with Crippen LogP contribution < -0.4 is 0 Å². The predicted octanol–water partition coefficient (Wildman–Crippen LogP) is -0.625. The summed E-state index contributed by atoms with van der Waals surface area (Å²) in [6, 6.07) is 0. The predicted molar refractivity (Wildman–Crippen MR) is 102 cm³/mol. The molecule has 0 aromatic carbocycles. The number of hydrogen-bond acceptors (Lipinski definition) is 9. The van der Waals surface area contributed by atoms with E-state index in [1.165, 1.54) is 0 Å². The van der Waals surface area contributed by atoms with Crippen molar-refractivity contribution >= 4 is 5.97 Å². The van der Waals surface area contributed by atoms with Crippen LogP contribution in [0.4, 0.5) is 0 Å². The minimum absolute atomic E-state index is 0.236. The van der Waals surface area contributed by atoms with Gasteiger partial charge in [0.1, 0.15) is 30.0 Å². The molecule has 9 heteroatoms. The number of fused-ring (bicyclic) bond motifs is 3. The second-order valence-corrected chi connectivity index (χ2v) is 9.55. The average molecular weight is 428 g/mol. The lowest BCUT2D eigenvalue weighted by Gasteiger charge is -2.51. The van der Waals surface area contributed by atoms with Gasteiger partial charge in [-0.25, -0.2) is 0 Å². The Morgan fingerprint density at radius 2 is 1.83 bits per heavy atom. The minimum atomic E-state index is -1.51. The third-order valence-corrected chi connectivity index (χ3v) is 7.79. The molecule has 30 heavy (non-hydrogen) atoms. The Balaban J connectivity index is 1.62. The minimum Gasteiger partial charge on any atom is -0.454 e. The van der Waals surface area contributed by atoms with Crippen molar-refractivity contribution < 1.29 is 44.5 Å². The number of aliphatic hydroxyl groups excluding tert-OH is 4. The lowest BCUT2D eigenvalue weighted by molar-refractivity contribution is -0.309. The number of carbonyl (C=O) groups excluding carboxylic acids is 1. The average Bonchev–Trinajstić information content (AvgIpc) is 2.94. The van der Waals surface area contributed by atoms with E-state index in [0.717, 1.165) is 24.0 Å². The number of esters is 1. The van der Waals surface area contributed by atoms with Gasteiger partial charge in [-0.15, -0.1) is 0 Å². The summed E-state index contributed by atoms with van der Waals surface area (Å²) in [6.07, 6.45) is -5.41. The molecule has 2 saturated heterocycles. The van der Waals surface area contributed by atoms with Crippen LogP contribution in [0.1, 0.15) is 46.5 Å². The highest BCUT2D eigenvalue weighted by Crippen LogP contribution is 2.57. The summed E-state index contributed by atoms with van der Waals surface area (Å²) in [5, 5.41) is 50.9. The number of ether oxygens (including phenoxy) is 3. The first-order valence-corrected chi connectivity index (χ1v) is 10.6. The summed E-state index contributed by atoms with van der Waals surface area (Å²) in [5.41, 5.74) is 0.180. The molecule has 5 N–H and O–H groups in total. The standard InChI is InChI=1S/C21H32O9/c1-9-11(28-19-16(25)15(24)14(23)12(8-22)29-19)4-5-20(3)6-7-21(27)10(2)18(26)30-17(21)13(9)20/h10-12,14-17,19,22-25,27H,4-8H2,1-3H3/t10-,11+,12?,14?,15?,16?,17?,19-,20+,21?/m0/s1. The van der Waals surface area contributed by atoms with Crippen LogP contribution in [0.15, 0.2) is 11.1 Å². The molecule has 4 aliphatic rings. The second-order valence-electron chi connectivity index (χ2n) is 9.55. The molecule has 3 fully saturated rings. The van der Waals surface area contributed by atoms with Crippen LogP contribution in [0.25, 0.3) is 0 Å². The number of aliphatic hydroxyl groups is 5. The normalized spacial score (nSPS) is 51.4. The van der Waals surface area contributed by atoms with Gasteiger partial charge in [0.15, 0.2) is 12.4 Å². The zero-order chi connectivity index (χ0) is 22.0. The van der Waals surface area contributed by atoms with Crippen LogP contribution in [0.5, 0.6) is 0 Å². The maximum absolute atomic E-state index is 12.2. The quantitative estimate of drug-likeness (QED) is 0.293. The summed E-state index contributed by atoms with van der Waals surface area (Å²) in [4.78, 5) is 12.2. The zero-order valence-electron chi connectivity index (χ0n) is 17.5. The van der Waals surface area contributed by atoms with Crippen LogP contribution in [0.3, 0.4) is 0 Å². The number of rotatable bonds is 3.